The highest BCUT2D eigenvalue weighted by atomic mass is 32.2. The van der Waals surface area contributed by atoms with Gasteiger partial charge in [-0.3, -0.25) is 0 Å². The number of hydrogen-bond donors (Lipinski definition) is 2. The Morgan fingerprint density at radius 3 is 3.20 bits per heavy atom. The zero-order valence-corrected chi connectivity index (χ0v) is 9.56. The molecule has 0 spiro atoms. The van der Waals surface area contributed by atoms with Crippen molar-refractivity contribution >= 4 is 34.1 Å². The third-order valence-electron chi connectivity index (χ3n) is 1.69. The average molecular weight is 243 g/mol. The van der Waals surface area contributed by atoms with Crippen LogP contribution in [0.3, 0.4) is 0 Å². The van der Waals surface area contributed by atoms with Gasteiger partial charge in [-0.2, -0.15) is 9.36 Å². The van der Waals surface area contributed by atoms with Crippen LogP contribution < -0.4 is 11.1 Å². The quantitative estimate of drug-likeness (QED) is 0.785. The first-order valence-corrected chi connectivity index (χ1v) is 6.09. The molecule has 0 fully saturated rings. The van der Waals surface area contributed by atoms with Crippen LogP contribution in [0.2, 0.25) is 0 Å². The molecule has 6 nitrogen and oxygen atoms in total. The second-order valence-electron chi connectivity index (χ2n) is 2.63. The van der Waals surface area contributed by atoms with E-state index in [1.807, 2.05) is 6.26 Å². The number of anilines is 2. The minimum Gasteiger partial charge on any atom is -0.382 e. The molecule has 0 aliphatic carbocycles. The third-order valence-corrected chi connectivity index (χ3v) is 3.46. The van der Waals surface area contributed by atoms with Crippen LogP contribution in [-0.4, -0.2) is 20.8 Å². The topological polar surface area (TPSA) is 89.9 Å². The highest BCUT2D eigenvalue weighted by Gasteiger charge is 2.10. The highest BCUT2D eigenvalue weighted by molar-refractivity contribution is 7.99. The van der Waals surface area contributed by atoms with Crippen molar-refractivity contribution in [1.29, 1.82) is 0 Å². The van der Waals surface area contributed by atoms with Crippen LogP contribution in [-0.2, 0) is 6.54 Å². The lowest BCUT2D eigenvalue weighted by atomic mass is 10.5. The van der Waals surface area contributed by atoms with E-state index in [2.05, 4.69) is 24.4 Å². The Kier molecular flexibility index (Phi) is 3.07. The Bertz CT molecular complexity index is 427. The molecule has 8 heteroatoms. The van der Waals surface area contributed by atoms with Gasteiger partial charge in [-0.05, 0) is 17.8 Å². The first-order valence-electron chi connectivity index (χ1n) is 4.09. The van der Waals surface area contributed by atoms with E-state index in [9.17, 15) is 0 Å². The van der Waals surface area contributed by atoms with Gasteiger partial charge in [-0.15, -0.1) is 11.8 Å². The Labute approximate surface area is 94.4 Å². The largest absolute Gasteiger partial charge is 0.382 e. The zero-order valence-electron chi connectivity index (χ0n) is 7.93. The van der Waals surface area contributed by atoms with Crippen LogP contribution >= 0.6 is 23.3 Å². The number of nitrogens with one attached hydrogen (secondary N) is 1. The van der Waals surface area contributed by atoms with Crippen LogP contribution in [0.5, 0.6) is 0 Å². The Morgan fingerprint density at radius 1 is 1.67 bits per heavy atom. The van der Waals surface area contributed by atoms with E-state index >= 15 is 0 Å². The van der Waals surface area contributed by atoms with Crippen molar-refractivity contribution in [1.82, 2.24) is 14.5 Å². The van der Waals surface area contributed by atoms with Gasteiger partial charge >= 0.3 is 0 Å². The van der Waals surface area contributed by atoms with E-state index in [0.717, 1.165) is 9.90 Å². The lowest BCUT2D eigenvalue weighted by Crippen LogP contribution is -2.00. The van der Waals surface area contributed by atoms with Crippen LogP contribution in [0.25, 0.3) is 0 Å². The average Bonchev–Trinajstić information content (AvgIpc) is 2.84. The number of rotatable bonds is 4. The molecule has 0 atom stereocenters. The summed E-state index contributed by atoms with van der Waals surface area (Å²) in [6.45, 7) is 0.506. The summed E-state index contributed by atoms with van der Waals surface area (Å²) in [6.07, 6.45) is 3.26. The van der Waals surface area contributed by atoms with Gasteiger partial charge in [0.15, 0.2) is 11.6 Å². The molecule has 80 valence electrons. The monoisotopic (exact) mass is 243 g/mol. The molecule has 0 amide bonds. The molecule has 0 bridgehead atoms. The van der Waals surface area contributed by atoms with E-state index in [0.29, 0.717) is 18.2 Å². The standard InChI is InChI=1S/C7H9N5OS2/c1-14-5-6(8)12-15-7(5)9-2-4-10-3-13-11-4/h3,9H,2H2,1H3,(H2,8,12). The highest BCUT2D eigenvalue weighted by Crippen LogP contribution is 2.34. The van der Waals surface area contributed by atoms with Gasteiger partial charge < -0.3 is 15.6 Å². The molecule has 2 heterocycles. The van der Waals surface area contributed by atoms with Crippen LogP contribution in [0.1, 0.15) is 5.82 Å². The number of nitrogen functional groups attached to an aromatic ring is 1. The van der Waals surface area contributed by atoms with E-state index in [1.165, 1.54) is 17.9 Å². The van der Waals surface area contributed by atoms with Crippen molar-refractivity contribution < 1.29 is 4.52 Å². The molecule has 0 saturated carbocycles. The van der Waals surface area contributed by atoms with Crippen molar-refractivity contribution in [3.8, 4) is 0 Å². The molecule has 0 aliphatic heterocycles. The normalized spacial score (nSPS) is 10.5. The van der Waals surface area contributed by atoms with Crippen molar-refractivity contribution in [3.05, 3.63) is 12.2 Å². The van der Waals surface area contributed by atoms with Gasteiger partial charge in [-0.25, -0.2) is 0 Å². The number of nitrogens with zero attached hydrogens (tertiary/aromatic N) is 3. The van der Waals surface area contributed by atoms with Gasteiger partial charge in [0, 0.05) is 0 Å². The minimum absolute atomic E-state index is 0.506. The van der Waals surface area contributed by atoms with Gasteiger partial charge in [0.05, 0.1) is 11.4 Å². The van der Waals surface area contributed by atoms with Gasteiger partial charge in [0.1, 0.15) is 5.00 Å². The summed E-state index contributed by atoms with van der Waals surface area (Å²) >= 11 is 2.89. The van der Waals surface area contributed by atoms with Crippen molar-refractivity contribution in [2.75, 3.05) is 17.3 Å². The fraction of sp³-hybridized carbons (Fsp3) is 0.286. The second-order valence-corrected chi connectivity index (χ2v) is 4.22. The Balaban J connectivity index is 2.05. The van der Waals surface area contributed by atoms with Crippen LogP contribution in [0.15, 0.2) is 15.8 Å². The second kappa shape index (κ2) is 4.49. The summed E-state index contributed by atoms with van der Waals surface area (Å²) in [4.78, 5) is 4.86. The number of thioether (sulfide) groups is 1. The maximum Gasteiger partial charge on any atom is 0.213 e. The van der Waals surface area contributed by atoms with E-state index in [-0.39, 0.29) is 0 Å². The first kappa shape index (κ1) is 10.2. The predicted molar refractivity (Wildman–Crippen MR) is 59.9 cm³/mol. The third kappa shape index (κ3) is 2.21. The fourth-order valence-electron chi connectivity index (χ4n) is 1.03. The maximum atomic E-state index is 5.69. The van der Waals surface area contributed by atoms with Crippen molar-refractivity contribution in [2.24, 2.45) is 0 Å². The maximum absolute atomic E-state index is 5.69. The van der Waals surface area contributed by atoms with Crippen molar-refractivity contribution in [3.63, 3.8) is 0 Å². The summed E-state index contributed by atoms with van der Waals surface area (Å²) in [5, 5.41) is 7.78. The lowest BCUT2D eigenvalue weighted by Gasteiger charge is -2.01. The number of aromatic nitrogens is 3. The summed E-state index contributed by atoms with van der Waals surface area (Å²) in [5.41, 5.74) is 5.69. The molecular weight excluding hydrogens is 234 g/mol. The first-order chi connectivity index (χ1) is 7.31. The molecule has 0 aliphatic rings. The zero-order chi connectivity index (χ0) is 10.7. The summed E-state index contributed by atoms with van der Waals surface area (Å²) in [6, 6.07) is 0. The predicted octanol–water partition coefficient (Wildman–Crippen LogP) is 1.44. The van der Waals surface area contributed by atoms with Gasteiger partial charge in [0.25, 0.3) is 0 Å². The molecule has 3 N–H and O–H groups in total. The summed E-state index contributed by atoms with van der Waals surface area (Å²) < 4.78 is 8.68. The number of nitrogens with two attached hydrogens (primary N) is 1. The van der Waals surface area contributed by atoms with E-state index in [4.69, 9.17) is 5.73 Å². The van der Waals surface area contributed by atoms with Crippen LogP contribution in [0, 0.1) is 0 Å². The minimum atomic E-state index is 0.506. The molecule has 0 aromatic carbocycles. The summed E-state index contributed by atoms with van der Waals surface area (Å²) in [7, 11) is 0. The molecule has 15 heavy (non-hydrogen) atoms. The molecule has 2 aromatic heterocycles. The van der Waals surface area contributed by atoms with Crippen molar-refractivity contribution in [2.45, 2.75) is 11.4 Å². The molecule has 0 unspecified atom stereocenters. The molecule has 2 aromatic rings. The van der Waals surface area contributed by atoms with Gasteiger partial charge in [-0.1, -0.05) is 5.16 Å². The molecule has 0 saturated heterocycles. The smallest absolute Gasteiger partial charge is 0.213 e. The fourth-order valence-corrected chi connectivity index (χ4v) is 2.57. The van der Waals surface area contributed by atoms with E-state index in [1.54, 1.807) is 11.8 Å². The van der Waals surface area contributed by atoms with E-state index < -0.39 is 0 Å². The SMILES string of the molecule is CSc1c(N)nsc1NCc1ncon1. The number of hydrogen-bond acceptors (Lipinski definition) is 8. The van der Waals surface area contributed by atoms with Crippen LogP contribution in [0.4, 0.5) is 10.8 Å². The molecular formula is C7H9N5OS2. The molecule has 2 rings (SSSR count). The Morgan fingerprint density at radius 2 is 2.53 bits per heavy atom. The summed E-state index contributed by atoms with van der Waals surface area (Å²) in [5.74, 6) is 1.16. The Hall–Kier alpha value is -1.28. The molecule has 0 radical (unpaired) electrons. The van der Waals surface area contributed by atoms with Gasteiger partial charge in [0.2, 0.25) is 6.39 Å². The lowest BCUT2D eigenvalue weighted by molar-refractivity contribution is 0.411.